The molecular formula is C14H18FN3. The van der Waals surface area contributed by atoms with Crippen molar-refractivity contribution in [2.45, 2.75) is 25.7 Å². The van der Waals surface area contributed by atoms with E-state index < -0.39 is 0 Å². The number of fused-ring (bicyclic) bond motifs is 1. The topological polar surface area (TPSA) is 53.1 Å². The first-order valence-electron chi connectivity index (χ1n) is 6.44. The highest BCUT2D eigenvalue weighted by molar-refractivity contribution is 5.78. The first kappa shape index (κ1) is 11.5. The molecule has 1 aromatic carbocycles. The molecule has 0 bridgehead atoms. The Balaban J connectivity index is 1.77. The summed E-state index contributed by atoms with van der Waals surface area (Å²) in [7, 11) is 0. The van der Waals surface area contributed by atoms with Crippen LogP contribution < -0.4 is 10.6 Å². The van der Waals surface area contributed by atoms with E-state index in [1.807, 2.05) is 6.07 Å². The van der Waals surface area contributed by atoms with Gasteiger partial charge in [0.1, 0.15) is 5.82 Å². The van der Waals surface area contributed by atoms with E-state index in [9.17, 15) is 4.39 Å². The maximum atomic E-state index is 13.3. The molecule has 1 aliphatic carbocycles. The van der Waals surface area contributed by atoms with Crippen molar-refractivity contribution in [2.24, 2.45) is 11.1 Å². The third-order valence-corrected chi connectivity index (χ3v) is 4.09. The molecule has 3 N–H and O–H groups in total. The first-order chi connectivity index (χ1) is 8.58. The Bertz CT molecular complexity index is 494. The average Bonchev–Trinajstić information content (AvgIpc) is 2.93. The average molecular weight is 247 g/mol. The van der Waals surface area contributed by atoms with Crippen molar-refractivity contribution < 1.29 is 4.39 Å². The van der Waals surface area contributed by atoms with Gasteiger partial charge in [-0.3, -0.25) is 5.41 Å². The largest absolute Gasteiger partial charge is 0.388 e. The lowest BCUT2D eigenvalue weighted by Gasteiger charge is -2.25. The summed E-state index contributed by atoms with van der Waals surface area (Å²) < 4.78 is 13.3. The molecule has 4 heteroatoms. The number of hydrogen-bond acceptors (Lipinski definition) is 2. The third-order valence-electron chi connectivity index (χ3n) is 4.09. The second kappa shape index (κ2) is 3.97. The molecule has 0 spiro atoms. The van der Waals surface area contributed by atoms with Crippen LogP contribution in [0.3, 0.4) is 0 Å². The van der Waals surface area contributed by atoms with E-state index in [0.717, 1.165) is 38.0 Å². The van der Waals surface area contributed by atoms with Crippen LogP contribution in [0.15, 0.2) is 18.2 Å². The van der Waals surface area contributed by atoms with Crippen LogP contribution in [0.5, 0.6) is 0 Å². The van der Waals surface area contributed by atoms with E-state index >= 15 is 0 Å². The quantitative estimate of drug-likeness (QED) is 0.633. The van der Waals surface area contributed by atoms with Crippen molar-refractivity contribution >= 4 is 11.5 Å². The summed E-state index contributed by atoms with van der Waals surface area (Å²) in [6, 6.07) is 5.05. The Labute approximate surface area is 106 Å². The summed E-state index contributed by atoms with van der Waals surface area (Å²) in [5.41, 5.74) is 7.96. The summed E-state index contributed by atoms with van der Waals surface area (Å²) in [5.74, 6) is 0.100. The van der Waals surface area contributed by atoms with Crippen LogP contribution in [-0.4, -0.2) is 18.9 Å². The minimum absolute atomic E-state index is 0.169. The molecule has 1 aliphatic heterocycles. The highest BCUT2D eigenvalue weighted by Gasteiger charge is 2.45. The van der Waals surface area contributed by atoms with E-state index in [2.05, 4.69) is 4.90 Å². The zero-order valence-corrected chi connectivity index (χ0v) is 10.4. The highest BCUT2D eigenvalue weighted by Crippen LogP contribution is 2.50. The van der Waals surface area contributed by atoms with E-state index in [0.29, 0.717) is 6.42 Å². The molecule has 1 heterocycles. The first-order valence-corrected chi connectivity index (χ1v) is 6.44. The number of benzene rings is 1. The molecule has 0 aromatic heterocycles. The van der Waals surface area contributed by atoms with Crippen molar-refractivity contribution in [3.05, 3.63) is 29.6 Å². The second-order valence-electron chi connectivity index (χ2n) is 5.65. The molecule has 3 rings (SSSR count). The van der Waals surface area contributed by atoms with Gasteiger partial charge in [0, 0.05) is 25.2 Å². The Morgan fingerprint density at radius 2 is 2.22 bits per heavy atom. The summed E-state index contributed by atoms with van der Waals surface area (Å²) in [4.78, 5) is 2.26. The van der Waals surface area contributed by atoms with Gasteiger partial charge in [0.25, 0.3) is 0 Å². The summed E-state index contributed by atoms with van der Waals surface area (Å²) in [6.45, 7) is 1.86. The fourth-order valence-electron chi connectivity index (χ4n) is 2.96. The predicted octanol–water partition coefficient (Wildman–Crippen LogP) is 2.29. The van der Waals surface area contributed by atoms with E-state index in [1.54, 1.807) is 6.07 Å². The SMILES string of the molecule is N=C(N)CC1(CN2CCc3ccc(F)cc32)CC1. The monoisotopic (exact) mass is 247 g/mol. The molecule has 3 nitrogen and oxygen atoms in total. The van der Waals surface area contributed by atoms with Crippen LogP contribution in [0.2, 0.25) is 0 Å². The minimum atomic E-state index is -0.169. The van der Waals surface area contributed by atoms with Gasteiger partial charge >= 0.3 is 0 Å². The molecule has 0 radical (unpaired) electrons. The Kier molecular flexibility index (Phi) is 2.54. The zero-order chi connectivity index (χ0) is 12.8. The van der Waals surface area contributed by atoms with Crippen molar-refractivity contribution in [3.63, 3.8) is 0 Å². The maximum Gasteiger partial charge on any atom is 0.125 e. The van der Waals surface area contributed by atoms with Crippen LogP contribution in [0.25, 0.3) is 0 Å². The van der Waals surface area contributed by atoms with Gasteiger partial charge in [-0.05, 0) is 42.4 Å². The lowest BCUT2D eigenvalue weighted by atomic mass is 10.0. The molecule has 2 aliphatic rings. The molecule has 0 unspecified atom stereocenters. The number of nitrogens with two attached hydrogens (primary N) is 1. The van der Waals surface area contributed by atoms with Gasteiger partial charge in [0.2, 0.25) is 0 Å². The van der Waals surface area contributed by atoms with E-state index in [1.165, 1.54) is 11.6 Å². The molecule has 0 atom stereocenters. The summed E-state index contributed by atoms with van der Waals surface area (Å²) in [6.07, 6.45) is 3.93. The van der Waals surface area contributed by atoms with Gasteiger partial charge in [-0.2, -0.15) is 0 Å². The van der Waals surface area contributed by atoms with Gasteiger partial charge in [-0.15, -0.1) is 0 Å². The van der Waals surface area contributed by atoms with E-state index in [4.69, 9.17) is 11.1 Å². The second-order valence-corrected chi connectivity index (χ2v) is 5.65. The molecule has 0 amide bonds. The smallest absolute Gasteiger partial charge is 0.125 e. The highest BCUT2D eigenvalue weighted by atomic mass is 19.1. The fraction of sp³-hybridized carbons (Fsp3) is 0.500. The number of anilines is 1. The third kappa shape index (κ3) is 2.07. The normalized spacial score (nSPS) is 19.7. The number of hydrogen-bond donors (Lipinski definition) is 2. The molecule has 0 saturated heterocycles. The molecular weight excluding hydrogens is 229 g/mol. The van der Waals surface area contributed by atoms with Crippen molar-refractivity contribution in [1.29, 1.82) is 5.41 Å². The van der Waals surface area contributed by atoms with Crippen LogP contribution in [0.4, 0.5) is 10.1 Å². The lowest BCUT2D eigenvalue weighted by molar-refractivity contribution is 0.520. The number of nitrogens with one attached hydrogen (secondary N) is 1. The number of amidine groups is 1. The summed E-state index contributed by atoms with van der Waals surface area (Å²) in [5, 5.41) is 7.44. The number of nitrogens with zero attached hydrogens (tertiary/aromatic N) is 1. The van der Waals surface area contributed by atoms with Gasteiger partial charge in [0.15, 0.2) is 0 Å². The Hall–Kier alpha value is -1.58. The fourth-order valence-corrected chi connectivity index (χ4v) is 2.96. The lowest BCUT2D eigenvalue weighted by Crippen LogP contribution is -2.31. The van der Waals surface area contributed by atoms with E-state index in [-0.39, 0.29) is 17.1 Å². The molecule has 1 fully saturated rings. The Morgan fingerprint density at radius 3 is 2.89 bits per heavy atom. The van der Waals surface area contributed by atoms with Crippen molar-refractivity contribution in [1.82, 2.24) is 0 Å². The van der Waals surface area contributed by atoms with Crippen molar-refractivity contribution in [2.75, 3.05) is 18.0 Å². The Morgan fingerprint density at radius 1 is 1.44 bits per heavy atom. The van der Waals surface area contributed by atoms with Gasteiger partial charge < -0.3 is 10.6 Å². The molecule has 1 saturated carbocycles. The van der Waals surface area contributed by atoms with Crippen LogP contribution in [0.1, 0.15) is 24.8 Å². The zero-order valence-electron chi connectivity index (χ0n) is 10.4. The van der Waals surface area contributed by atoms with Gasteiger partial charge in [0.05, 0.1) is 5.84 Å². The molecule has 1 aromatic rings. The van der Waals surface area contributed by atoms with Crippen LogP contribution in [0, 0.1) is 16.6 Å². The van der Waals surface area contributed by atoms with Crippen LogP contribution in [-0.2, 0) is 6.42 Å². The number of rotatable bonds is 4. The maximum absolute atomic E-state index is 13.3. The van der Waals surface area contributed by atoms with Crippen LogP contribution >= 0.6 is 0 Å². The predicted molar refractivity (Wildman–Crippen MR) is 70.5 cm³/mol. The van der Waals surface area contributed by atoms with Crippen molar-refractivity contribution in [3.8, 4) is 0 Å². The standard InChI is InChI=1S/C14H18FN3/c15-11-2-1-10-3-6-18(12(10)7-11)9-14(4-5-14)8-13(16)17/h1-2,7H,3-6,8-9H2,(H3,16,17). The summed E-state index contributed by atoms with van der Waals surface area (Å²) >= 11 is 0. The van der Waals surface area contributed by atoms with Gasteiger partial charge in [-0.1, -0.05) is 6.07 Å². The number of halogens is 1. The molecule has 96 valence electrons. The van der Waals surface area contributed by atoms with Gasteiger partial charge in [-0.25, -0.2) is 4.39 Å². The molecule has 18 heavy (non-hydrogen) atoms. The minimum Gasteiger partial charge on any atom is -0.388 e.